The highest BCUT2D eigenvalue weighted by atomic mass is 32.2. The summed E-state index contributed by atoms with van der Waals surface area (Å²) in [4.78, 5) is 36.4. The van der Waals surface area contributed by atoms with Gasteiger partial charge in [-0.3, -0.25) is 19.7 Å². The number of likely N-dealkylation sites (tertiary alicyclic amines) is 1. The maximum absolute atomic E-state index is 12.5. The van der Waals surface area contributed by atoms with Gasteiger partial charge in [0.2, 0.25) is 11.0 Å². The van der Waals surface area contributed by atoms with Gasteiger partial charge in [-0.1, -0.05) is 32.5 Å². The lowest BCUT2D eigenvalue weighted by atomic mass is 10.2. The molecule has 2 unspecified atom stereocenters. The van der Waals surface area contributed by atoms with Crippen molar-refractivity contribution >= 4 is 36.8 Å². The van der Waals surface area contributed by atoms with Crippen LogP contribution >= 0.6 is 11.8 Å². The molecule has 1 aromatic rings. The van der Waals surface area contributed by atoms with Crippen LogP contribution in [0.2, 0.25) is 18.1 Å². The van der Waals surface area contributed by atoms with E-state index >= 15 is 0 Å². The smallest absolute Gasteiger partial charge is 0.269 e. The molecule has 0 aliphatic carbocycles. The highest BCUT2D eigenvalue weighted by Crippen LogP contribution is 2.40. The lowest BCUT2D eigenvalue weighted by Gasteiger charge is -2.47. The molecule has 7 nitrogen and oxygen atoms in total. The second-order valence-corrected chi connectivity index (χ2v) is 14.1. The van der Waals surface area contributed by atoms with E-state index in [1.807, 2.05) is 6.92 Å². The van der Waals surface area contributed by atoms with Gasteiger partial charge < -0.3 is 9.33 Å². The number of amides is 1. The molecule has 0 N–H and O–H groups in total. The number of nitro benzene ring substituents is 1. The third-order valence-electron chi connectivity index (χ3n) is 5.17. The number of hydrogen-bond acceptors (Lipinski definition) is 6. The number of non-ortho nitro benzene ring substituents is 1. The number of carbonyl (C=O) groups excluding carboxylic acids is 2. The summed E-state index contributed by atoms with van der Waals surface area (Å²) >= 11 is 1.06. The fourth-order valence-corrected chi connectivity index (χ4v) is 4.98. The molecule has 1 aliphatic rings. The molecule has 2 atom stereocenters. The standard InChI is InChI=1S/C18H26N2O5SSi/c1-12(25-27(5,6)18(2,3)4)19-15(21)11-16(19)26-17(22)13-7-9-14(10-8-13)20(23)24/h7-10,12,16H,11H2,1-6H3. The first-order valence-corrected chi connectivity index (χ1v) is 12.6. The molecular weight excluding hydrogens is 384 g/mol. The molecule has 0 spiro atoms. The zero-order chi connectivity index (χ0) is 20.6. The topological polar surface area (TPSA) is 89.8 Å². The van der Waals surface area contributed by atoms with Crippen molar-refractivity contribution in [3.63, 3.8) is 0 Å². The molecule has 1 heterocycles. The molecule has 0 bridgehead atoms. The van der Waals surface area contributed by atoms with E-state index in [2.05, 4.69) is 33.9 Å². The molecule has 148 valence electrons. The largest absolute Gasteiger partial charge is 0.397 e. The van der Waals surface area contributed by atoms with Crippen molar-refractivity contribution < 1.29 is 18.9 Å². The third-order valence-corrected chi connectivity index (χ3v) is 10.8. The van der Waals surface area contributed by atoms with Crippen LogP contribution in [0.15, 0.2) is 24.3 Å². The minimum atomic E-state index is -2.05. The van der Waals surface area contributed by atoms with Crippen LogP contribution in [0.1, 0.15) is 44.5 Å². The normalized spacial score (nSPS) is 18.8. The van der Waals surface area contributed by atoms with E-state index in [0.717, 1.165) is 11.8 Å². The first-order valence-electron chi connectivity index (χ1n) is 8.78. The molecule has 1 fully saturated rings. The summed E-state index contributed by atoms with van der Waals surface area (Å²) in [6.45, 7) is 12.5. The second kappa shape index (κ2) is 7.73. The number of nitro groups is 1. The number of β-lactam (4-membered cyclic amide) rings is 1. The van der Waals surface area contributed by atoms with Gasteiger partial charge in [0.25, 0.3) is 5.69 Å². The maximum atomic E-state index is 12.5. The van der Waals surface area contributed by atoms with Crippen LogP contribution in [0.4, 0.5) is 5.69 Å². The van der Waals surface area contributed by atoms with Crippen LogP contribution in [0, 0.1) is 10.1 Å². The van der Waals surface area contributed by atoms with Gasteiger partial charge in [0.05, 0.1) is 16.7 Å². The fraction of sp³-hybridized carbons (Fsp3) is 0.556. The van der Waals surface area contributed by atoms with Gasteiger partial charge in [-0.15, -0.1) is 0 Å². The average molecular weight is 411 g/mol. The van der Waals surface area contributed by atoms with Crippen molar-refractivity contribution in [2.75, 3.05) is 0 Å². The molecule has 27 heavy (non-hydrogen) atoms. The molecular formula is C18H26N2O5SSi. The Labute approximate surface area is 164 Å². The van der Waals surface area contributed by atoms with Crippen LogP contribution in [0.25, 0.3) is 0 Å². The molecule has 0 saturated carbocycles. The number of carbonyl (C=O) groups is 2. The SMILES string of the molecule is CC(O[Si](C)(C)C(C)(C)C)N1C(=O)CC1SC(=O)c1ccc([N+](=O)[O-])cc1. The van der Waals surface area contributed by atoms with Gasteiger partial charge in [0, 0.05) is 17.7 Å². The predicted octanol–water partition coefficient (Wildman–Crippen LogP) is 4.39. The molecule has 0 radical (unpaired) electrons. The Hall–Kier alpha value is -1.71. The summed E-state index contributed by atoms with van der Waals surface area (Å²) in [5.74, 6) is -0.0322. The second-order valence-electron chi connectivity index (χ2n) is 8.15. The van der Waals surface area contributed by atoms with E-state index < -0.39 is 19.5 Å². The Balaban J connectivity index is 2.03. The molecule has 0 aromatic heterocycles. The minimum absolute atomic E-state index is 0.0202. The summed E-state index contributed by atoms with van der Waals surface area (Å²) in [6.07, 6.45) is -0.108. The summed E-state index contributed by atoms with van der Waals surface area (Å²) in [5, 5.41) is 10.2. The number of benzene rings is 1. The Bertz CT molecular complexity index is 745. The fourth-order valence-electron chi connectivity index (χ4n) is 2.51. The molecule has 1 amide bonds. The number of hydrogen-bond donors (Lipinski definition) is 0. The van der Waals surface area contributed by atoms with Gasteiger partial charge in [-0.05, 0) is 37.2 Å². The van der Waals surface area contributed by atoms with Crippen molar-refractivity contribution in [1.82, 2.24) is 4.90 Å². The number of nitrogens with zero attached hydrogens (tertiary/aromatic N) is 2. The van der Waals surface area contributed by atoms with Crippen molar-refractivity contribution in [2.24, 2.45) is 0 Å². The third kappa shape index (κ3) is 4.77. The Morgan fingerprint density at radius 3 is 2.33 bits per heavy atom. The van der Waals surface area contributed by atoms with Crippen molar-refractivity contribution in [1.29, 1.82) is 0 Å². The van der Waals surface area contributed by atoms with Crippen LogP contribution < -0.4 is 0 Å². The van der Waals surface area contributed by atoms with Gasteiger partial charge in [0.15, 0.2) is 8.32 Å². The van der Waals surface area contributed by atoms with Crippen LogP contribution in [0.3, 0.4) is 0 Å². The number of thioether (sulfide) groups is 1. The molecule has 1 aliphatic heterocycles. The van der Waals surface area contributed by atoms with Gasteiger partial charge in [-0.2, -0.15) is 0 Å². The summed E-state index contributed by atoms with van der Waals surface area (Å²) in [5.41, 5.74) is 0.316. The van der Waals surface area contributed by atoms with Crippen molar-refractivity contribution in [3.8, 4) is 0 Å². The van der Waals surface area contributed by atoms with E-state index in [-0.39, 0.29) is 33.5 Å². The summed E-state index contributed by atoms with van der Waals surface area (Å²) in [6, 6.07) is 5.49. The summed E-state index contributed by atoms with van der Waals surface area (Å²) < 4.78 is 6.28. The predicted molar refractivity (Wildman–Crippen MR) is 108 cm³/mol. The highest BCUT2D eigenvalue weighted by molar-refractivity contribution is 8.14. The van der Waals surface area contributed by atoms with E-state index in [4.69, 9.17) is 4.43 Å². The molecule has 2 rings (SSSR count). The quantitative estimate of drug-likeness (QED) is 0.299. The summed E-state index contributed by atoms with van der Waals surface area (Å²) in [7, 11) is -2.05. The van der Waals surface area contributed by atoms with Crippen LogP contribution in [0.5, 0.6) is 0 Å². The van der Waals surface area contributed by atoms with Gasteiger partial charge >= 0.3 is 0 Å². The minimum Gasteiger partial charge on any atom is -0.397 e. The zero-order valence-electron chi connectivity index (χ0n) is 16.5. The lowest BCUT2D eigenvalue weighted by molar-refractivity contribution is -0.384. The van der Waals surface area contributed by atoms with Crippen molar-refractivity contribution in [3.05, 3.63) is 39.9 Å². The van der Waals surface area contributed by atoms with E-state index in [0.29, 0.717) is 5.56 Å². The highest BCUT2D eigenvalue weighted by Gasteiger charge is 2.45. The van der Waals surface area contributed by atoms with Crippen LogP contribution in [-0.2, 0) is 9.22 Å². The molecule has 1 aromatic carbocycles. The number of rotatable bonds is 6. The van der Waals surface area contributed by atoms with Gasteiger partial charge in [-0.25, -0.2) is 0 Å². The maximum Gasteiger partial charge on any atom is 0.269 e. The Kier molecular flexibility index (Phi) is 6.18. The zero-order valence-corrected chi connectivity index (χ0v) is 18.3. The monoisotopic (exact) mass is 410 g/mol. The van der Waals surface area contributed by atoms with Gasteiger partial charge in [0.1, 0.15) is 6.23 Å². The van der Waals surface area contributed by atoms with E-state index in [1.165, 1.54) is 24.3 Å². The first kappa shape index (κ1) is 21.6. The lowest BCUT2D eigenvalue weighted by Crippen LogP contribution is -2.59. The van der Waals surface area contributed by atoms with E-state index in [1.54, 1.807) is 4.90 Å². The van der Waals surface area contributed by atoms with Crippen LogP contribution in [-0.4, -0.2) is 40.8 Å². The van der Waals surface area contributed by atoms with E-state index in [9.17, 15) is 19.7 Å². The molecule has 9 heteroatoms. The van der Waals surface area contributed by atoms with Crippen molar-refractivity contribution in [2.45, 2.75) is 63.8 Å². The first-order chi connectivity index (χ1) is 12.3. The molecule has 1 saturated heterocycles. The Morgan fingerprint density at radius 1 is 1.33 bits per heavy atom. The Morgan fingerprint density at radius 2 is 1.89 bits per heavy atom. The average Bonchev–Trinajstić information content (AvgIpc) is 2.52.